The van der Waals surface area contributed by atoms with Crippen molar-refractivity contribution in [1.82, 2.24) is 14.2 Å². The predicted octanol–water partition coefficient (Wildman–Crippen LogP) is 1.49. The van der Waals surface area contributed by atoms with Crippen LogP contribution in [0.25, 0.3) is 0 Å². The Hall–Kier alpha value is -2.67. The van der Waals surface area contributed by atoms with Crippen LogP contribution in [0.3, 0.4) is 0 Å². The van der Waals surface area contributed by atoms with E-state index in [1.54, 1.807) is 30.3 Å². The van der Waals surface area contributed by atoms with Gasteiger partial charge in [0.05, 0.1) is 4.90 Å². The number of benzene rings is 2. The van der Waals surface area contributed by atoms with E-state index in [0.717, 1.165) is 9.65 Å². The van der Waals surface area contributed by atoms with Crippen molar-refractivity contribution in [1.29, 1.82) is 0 Å². The van der Waals surface area contributed by atoms with E-state index in [1.807, 2.05) is 12.1 Å². The topological polar surface area (TPSA) is 90.9 Å². The van der Waals surface area contributed by atoms with Gasteiger partial charge in [-0.05, 0) is 23.8 Å². The molecule has 0 amide bonds. The van der Waals surface area contributed by atoms with Gasteiger partial charge < -0.3 is 5.73 Å². The predicted molar refractivity (Wildman–Crippen MR) is 81.5 cm³/mol. The number of rotatable bonds is 4. The summed E-state index contributed by atoms with van der Waals surface area (Å²) in [6, 6.07) is 18.2. The zero-order chi connectivity index (χ0) is 15.6. The Morgan fingerprint density at radius 2 is 1.91 bits per heavy atom. The summed E-state index contributed by atoms with van der Waals surface area (Å²) in [6.07, 6.45) is 0.388. The van der Waals surface area contributed by atoms with Gasteiger partial charge in [0, 0.05) is 6.42 Å². The van der Waals surface area contributed by atoms with Crippen molar-refractivity contribution in [2.45, 2.75) is 11.3 Å². The first-order chi connectivity index (χ1) is 10.6. The fourth-order valence-corrected chi connectivity index (χ4v) is 3.21. The Balaban J connectivity index is 1.96. The molecule has 0 spiro atoms. The highest BCUT2D eigenvalue weighted by Crippen LogP contribution is 2.16. The average molecular weight is 313 g/mol. The third kappa shape index (κ3) is 2.71. The molecule has 1 radical (unpaired) electrons. The second-order valence-corrected chi connectivity index (χ2v) is 6.40. The van der Waals surface area contributed by atoms with Gasteiger partial charge in [-0.3, -0.25) is 0 Å². The molecule has 3 rings (SSSR count). The first kappa shape index (κ1) is 14.3. The summed E-state index contributed by atoms with van der Waals surface area (Å²) in [5.74, 6) is 0.190. The maximum atomic E-state index is 12.5. The van der Waals surface area contributed by atoms with Crippen LogP contribution in [0.1, 0.15) is 11.4 Å². The van der Waals surface area contributed by atoms with Crippen molar-refractivity contribution < 1.29 is 8.42 Å². The van der Waals surface area contributed by atoms with Gasteiger partial charge in [0.25, 0.3) is 10.0 Å². The van der Waals surface area contributed by atoms with Crippen LogP contribution in [0.4, 0.5) is 5.95 Å². The van der Waals surface area contributed by atoms with Gasteiger partial charge in [-0.25, -0.2) is 0 Å². The summed E-state index contributed by atoms with van der Waals surface area (Å²) in [5, 5.41) is 4.03. The van der Waals surface area contributed by atoms with Crippen LogP contribution in [0.15, 0.2) is 59.5 Å². The lowest BCUT2D eigenvalue weighted by molar-refractivity contribution is 0.580. The molecule has 0 saturated heterocycles. The van der Waals surface area contributed by atoms with Crippen molar-refractivity contribution in [3.8, 4) is 0 Å². The molecule has 2 aromatic carbocycles. The molecule has 3 aromatic rings. The highest BCUT2D eigenvalue weighted by molar-refractivity contribution is 7.90. The van der Waals surface area contributed by atoms with Gasteiger partial charge in [-0.15, -0.1) is 9.19 Å². The molecule has 0 unspecified atom stereocenters. The Bertz CT molecular complexity index is 874. The Labute approximate surface area is 128 Å². The molecule has 1 aromatic heterocycles. The van der Waals surface area contributed by atoms with Crippen molar-refractivity contribution >= 4 is 16.0 Å². The molecule has 22 heavy (non-hydrogen) atoms. The van der Waals surface area contributed by atoms with E-state index in [2.05, 4.69) is 16.1 Å². The molecule has 0 saturated carbocycles. The average Bonchev–Trinajstić information content (AvgIpc) is 2.90. The number of nitrogen functional groups attached to an aromatic ring is 1. The molecule has 0 aliphatic heterocycles. The summed E-state index contributed by atoms with van der Waals surface area (Å²) in [5.41, 5.74) is 6.65. The van der Waals surface area contributed by atoms with Crippen molar-refractivity contribution in [2.24, 2.45) is 0 Å². The van der Waals surface area contributed by atoms with Gasteiger partial charge in [-0.2, -0.15) is 13.4 Å². The molecular weight excluding hydrogens is 300 g/mol. The molecule has 0 aliphatic carbocycles. The molecule has 0 fully saturated rings. The zero-order valence-corrected chi connectivity index (χ0v) is 12.4. The molecule has 2 N–H and O–H groups in total. The minimum absolute atomic E-state index is 0.117. The van der Waals surface area contributed by atoms with E-state index >= 15 is 0 Å². The second kappa shape index (κ2) is 5.61. The fourth-order valence-electron chi connectivity index (χ4n) is 2.02. The standard InChI is InChI=1S/C15H13N4O2S/c16-15-17-14(11-12-7-3-1-4-8-12)18-19(15)22(20,21)13-9-5-2-6-10-13/h1-3,5-10H,11H2,(H2,16,17,18). The first-order valence-electron chi connectivity index (χ1n) is 6.54. The third-order valence-electron chi connectivity index (χ3n) is 3.05. The van der Waals surface area contributed by atoms with E-state index in [1.165, 1.54) is 12.1 Å². The van der Waals surface area contributed by atoms with Crippen LogP contribution < -0.4 is 5.73 Å². The van der Waals surface area contributed by atoms with E-state index < -0.39 is 10.0 Å². The van der Waals surface area contributed by atoms with E-state index in [0.29, 0.717) is 12.2 Å². The third-order valence-corrected chi connectivity index (χ3v) is 4.64. The second-order valence-electron chi connectivity index (χ2n) is 4.64. The molecular formula is C15H13N4O2S. The molecule has 0 aliphatic rings. The minimum atomic E-state index is -3.83. The van der Waals surface area contributed by atoms with Crippen molar-refractivity contribution in [3.05, 3.63) is 72.1 Å². The van der Waals surface area contributed by atoms with Gasteiger partial charge in [0.1, 0.15) is 0 Å². The van der Waals surface area contributed by atoms with Gasteiger partial charge in [0.2, 0.25) is 5.95 Å². The van der Waals surface area contributed by atoms with Crippen LogP contribution in [0.5, 0.6) is 0 Å². The van der Waals surface area contributed by atoms with Gasteiger partial charge in [0.15, 0.2) is 5.82 Å². The highest BCUT2D eigenvalue weighted by atomic mass is 32.2. The molecule has 111 valence electrons. The maximum Gasteiger partial charge on any atom is 0.286 e. The number of nitrogens with two attached hydrogens (primary N) is 1. The maximum absolute atomic E-state index is 12.5. The fraction of sp³-hybridized carbons (Fsp3) is 0.0667. The summed E-state index contributed by atoms with van der Waals surface area (Å²) >= 11 is 0. The van der Waals surface area contributed by atoms with Crippen LogP contribution in [0, 0.1) is 6.07 Å². The van der Waals surface area contributed by atoms with Crippen molar-refractivity contribution in [3.63, 3.8) is 0 Å². The molecule has 1 heterocycles. The SMILES string of the molecule is Nc1nc(Cc2c[c]ccc2)nn1S(=O)(=O)c1ccccc1. The number of nitrogens with zero attached hydrogens (tertiary/aromatic N) is 3. The molecule has 0 atom stereocenters. The Kier molecular flexibility index (Phi) is 3.64. The first-order valence-corrected chi connectivity index (χ1v) is 7.98. The minimum Gasteiger partial charge on any atom is -0.367 e. The van der Waals surface area contributed by atoms with E-state index in [9.17, 15) is 8.42 Å². The summed E-state index contributed by atoms with van der Waals surface area (Å²) in [7, 11) is -3.83. The number of aromatic nitrogens is 3. The lowest BCUT2D eigenvalue weighted by atomic mass is 10.1. The molecule has 0 bridgehead atoms. The van der Waals surface area contributed by atoms with E-state index in [-0.39, 0.29) is 10.8 Å². The molecule has 7 heteroatoms. The largest absolute Gasteiger partial charge is 0.367 e. The van der Waals surface area contributed by atoms with Crippen molar-refractivity contribution in [2.75, 3.05) is 5.73 Å². The lowest BCUT2D eigenvalue weighted by Gasteiger charge is -2.04. The van der Waals surface area contributed by atoms with Crippen LogP contribution in [-0.2, 0) is 16.4 Å². The van der Waals surface area contributed by atoms with Crippen LogP contribution in [0.2, 0.25) is 0 Å². The summed E-state index contributed by atoms with van der Waals surface area (Å²) < 4.78 is 25.8. The zero-order valence-electron chi connectivity index (χ0n) is 11.5. The van der Waals surface area contributed by atoms with Crippen LogP contribution in [-0.4, -0.2) is 22.6 Å². The van der Waals surface area contributed by atoms with Gasteiger partial charge in [-0.1, -0.05) is 42.5 Å². The highest BCUT2D eigenvalue weighted by Gasteiger charge is 2.22. The van der Waals surface area contributed by atoms with Gasteiger partial charge >= 0.3 is 0 Å². The van der Waals surface area contributed by atoms with Crippen LogP contribution >= 0.6 is 0 Å². The number of hydrogen-bond donors (Lipinski definition) is 1. The number of hydrogen-bond acceptors (Lipinski definition) is 5. The Morgan fingerprint density at radius 1 is 1.14 bits per heavy atom. The Morgan fingerprint density at radius 3 is 2.59 bits per heavy atom. The summed E-state index contributed by atoms with van der Waals surface area (Å²) in [4.78, 5) is 4.15. The quantitative estimate of drug-likeness (QED) is 0.788. The van der Waals surface area contributed by atoms with E-state index in [4.69, 9.17) is 5.73 Å². The normalized spacial score (nSPS) is 11.5. The lowest BCUT2D eigenvalue weighted by Crippen LogP contribution is -2.17. The molecule has 6 nitrogen and oxygen atoms in total. The number of anilines is 1. The smallest absolute Gasteiger partial charge is 0.286 e. The monoisotopic (exact) mass is 313 g/mol. The summed E-state index contributed by atoms with van der Waals surface area (Å²) in [6.45, 7) is 0.